The summed E-state index contributed by atoms with van der Waals surface area (Å²) in [6.07, 6.45) is 4.03. The highest BCUT2D eigenvalue weighted by Crippen LogP contribution is 2.27. The van der Waals surface area contributed by atoms with E-state index in [0.29, 0.717) is 31.8 Å². The van der Waals surface area contributed by atoms with E-state index in [1.165, 1.54) is 19.3 Å². The smallest absolute Gasteiger partial charge is 0.332 e. The van der Waals surface area contributed by atoms with Crippen LogP contribution in [0.4, 0.5) is 4.79 Å². The van der Waals surface area contributed by atoms with Gasteiger partial charge in [0.05, 0.1) is 6.10 Å². The molecule has 1 saturated heterocycles. The number of rotatable bonds is 6. The largest absolute Gasteiger partial charge is 0.479 e. The summed E-state index contributed by atoms with van der Waals surface area (Å²) in [5.74, 6) is -0.265. The van der Waals surface area contributed by atoms with Crippen molar-refractivity contribution in [1.29, 1.82) is 0 Å². The number of carboxylic acids is 1. The average molecular weight is 284 g/mol. The van der Waals surface area contributed by atoms with Crippen LogP contribution < -0.4 is 5.32 Å². The molecule has 114 valence electrons. The molecule has 2 unspecified atom stereocenters. The minimum Gasteiger partial charge on any atom is -0.479 e. The molecule has 1 heterocycles. The van der Waals surface area contributed by atoms with Crippen LogP contribution in [0.5, 0.6) is 0 Å². The summed E-state index contributed by atoms with van der Waals surface area (Å²) < 4.78 is 5.37. The van der Waals surface area contributed by atoms with Gasteiger partial charge in [0.15, 0.2) is 6.10 Å². The van der Waals surface area contributed by atoms with Crippen LogP contribution in [-0.4, -0.2) is 53.8 Å². The zero-order chi connectivity index (χ0) is 14.5. The molecule has 0 aromatic rings. The fourth-order valence-corrected chi connectivity index (χ4v) is 2.69. The van der Waals surface area contributed by atoms with Gasteiger partial charge in [-0.2, -0.15) is 0 Å². The Bertz CT molecular complexity index is 357. The molecule has 2 atom stereocenters. The highest BCUT2D eigenvalue weighted by atomic mass is 16.5. The maximum atomic E-state index is 12.1. The van der Waals surface area contributed by atoms with Crippen molar-refractivity contribution in [2.45, 2.75) is 51.2 Å². The molecule has 6 heteroatoms. The van der Waals surface area contributed by atoms with Gasteiger partial charge in [-0.1, -0.05) is 6.42 Å². The van der Waals surface area contributed by atoms with Crippen molar-refractivity contribution in [1.82, 2.24) is 10.2 Å². The Kier molecular flexibility index (Phi) is 5.23. The van der Waals surface area contributed by atoms with Gasteiger partial charge in [-0.3, -0.25) is 0 Å². The number of nitrogens with zero attached hydrogens (tertiary/aromatic N) is 1. The first-order chi connectivity index (χ1) is 9.60. The van der Waals surface area contributed by atoms with Crippen molar-refractivity contribution < 1.29 is 19.4 Å². The second kappa shape index (κ2) is 6.92. The second-order valence-corrected chi connectivity index (χ2v) is 5.68. The summed E-state index contributed by atoms with van der Waals surface area (Å²) in [7, 11) is 0. The fourth-order valence-electron chi connectivity index (χ4n) is 2.69. The van der Waals surface area contributed by atoms with Crippen LogP contribution in [0.1, 0.15) is 39.0 Å². The first kappa shape index (κ1) is 15.1. The maximum absolute atomic E-state index is 12.1. The van der Waals surface area contributed by atoms with Crippen molar-refractivity contribution in [3.63, 3.8) is 0 Å². The molecule has 2 aliphatic rings. The minimum atomic E-state index is -0.918. The summed E-state index contributed by atoms with van der Waals surface area (Å²) in [6, 6.07) is -0.0678. The second-order valence-electron chi connectivity index (χ2n) is 5.68. The summed E-state index contributed by atoms with van der Waals surface area (Å²) in [5, 5.41) is 11.7. The van der Waals surface area contributed by atoms with E-state index in [0.717, 1.165) is 6.54 Å². The third kappa shape index (κ3) is 3.85. The molecule has 2 N–H and O–H groups in total. The van der Waals surface area contributed by atoms with Gasteiger partial charge in [0.25, 0.3) is 0 Å². The minimum absolute atomic E-state index is 0.0678. The van der Waals surface area contributed by atoms with Crippen LogP contribution in [-0.2, 0) is 9.53 Å². The first-order valence-corrected chi connectivity index (χ1v) is 7.51. The third-order valence-corrected chi connectivity index (χ3v) is 4.24. The van der Waals surface area contributed by atoms with Crippen LogP contribution >= 0.6 is 0 Å². The fraction of sp³-hybridized carbons (Fsp3) is 0.857. The molecule has 2 rings (SSSR count). The summed E-state index contributed by atoms with van der Waals surface area (Å²) in [4.78, 5) is 24.7. The van der Waals surface area contributed by atoms with Crippen LogP contribution in [0.3, 0.4) is 0 Å². The van der Waals surface area contributed by atoms with Gasteiger partial charge < -0.3 is 20.1 Å². The van der Waals surface area contributed by atoms with Crippen molar-refractivity contribution in [3.8, 4) is 0 Å². The molecule has 0 aromatic heterocycles. The molecule has 0 spiro atoms. The predicted molar refractivity (Wildman–Crippen MR) is 73.5 cm³/mol. The van der Waals surface area contributed by atoms with Gasteiger partial charge in [-0.25, -0.2) is 9.59 Å². The number of amides is 2. The highest BCUT2D eigenvalue weighted by molar-refractivity contribution is 5.74. The molecule has 0 bridgehead atoms. The summed E-state index contributed by atoms with van der Waals surface area (Å²) in [6.45, 7) is 3.89. The molecule has 0 aromatic carbocycles. The van der Waals surface area contributed by atoms with E-state index in [1.807, 2.05) is 11.8 Å². The van der Waals surface area contributed by atoms with E-state index in [1.54, 1.807) is 0 Å². The topological polar surface area (TPSA) is 78.9 Å². The van der Waals surface area contributed by atoms with Crippen molar-refractivity contribution in [2.24, 2.45) is 5.92 Å². The van der Waals surface area contributed by atoms with E-state index in [9.17, 15) is 9.59 Å². The van der Waals surface area contributed by atoms with Crippen LogP contribution in [0.25, 0.3) is 0 Å². The summed E-state index contributed by atoms with van der Waals surface area (Å²) in [5.41, 5.74) is 0. The number of urea groups is 1. The van der Waals surface area contributed by atoms with Gasteiger partial charge in [0, 0.05) is 19.6 Å². The zero-order valence-electron chi connectivity index (χ0n) is 12.0. The Morgan fingerprint density at radius 1 is 1.30 bits per heavy atom. The van der Waals surface area contributed by atoms with Crippen molar-refractivity contribution >= 4 is 12.0 Å². The maximum Gasteiger partial charge on any atom is 0.332 e. The van der Waals surface area contributed by atoms with Gasteiger partial charge in [0.2, 0.25) is 0 Å². The van der Waals surface area contributed by atoms with Crippen LogP contribution in [0.15, 0.2) is 0 Å². The SMILES string of the molecule is CCN(CC1CCC1)C(=O)NCC1CCC(C(=O)O)O1. The third-order valence-electron chi connectivity index (χ3n) is 4.24. The summed E-state index contributed by atoms with van der Waals surface area (Å²) >= 11 is 0. The molecular weight excluding hydrogens is 260 g/mol. The van der Waals surface area contributed by atoms with Crippen LogP contribution in [0.2, 0.25) is 0 Å². The number of carbonyl (C=O) groups is 2. The molecule has 0 radical (unpaired) electrons. The van der Waals surface area contributed by atoms with E-state index in [2.05, 4.69) is 5.32 Å². The Morgan fingerprint density at radius 3 is 2.55 bits per heavy atom. The zero-order valence-corrected chi connectivity index (χ0v) is 12.0. The number of hydrogen-bond donors (Lipinski definition) is 2. The molecule has 2 amide bonds. The van der Waals surface area contributed by atoms with Gasteiger partial charge in [-0.05, 0) is 38.5 Å². The standard InChI is InChI=1S/C14H24N2O4/c1-2-16(9-10-4-3-5-10)14(19)15-8-11-6-7-12(20-11)13(17)18/h10-12H,2-9H2,1H3,(H,15,19)(H,17,18). The van der Waals surface area contributed by atoms with E-state index in [-0.39, 0.29) is 12.1 Å². The van der Waals surface area contributed by atoms with Crippen molar-refractivity contribution in [3.05, 3.63) is 0 Å². The Morgan fingerprint density at radius 2 is 2.05 bits per heavy atom. The average Bonchev–Trinajstić information content (AvgIpc) is 2.84. The predicted octanol–water partition coefficient (Wildman–Crippen LogP) is 1.45. The van der Waals surface area contributed by atoms with Crippen molar-refractivity contribution in [2.75, 3.05) is 19.6 Å². The van der Waals surface area contributed by atoms with E-state index >= 15 is 0 Å². The Hall–Kier alpha value is -1.30. The van der Waals surface area contributed by atoms with Gasteiger partial charge in [-0.15, -0.1) is 0 Å². The number of carbonyl (C=O) groups excluding carboxylic acids is 1. The van der Waals surface area contributed by atoms with Gasteiger partial charge >= 0.3 is 12.0 Å². The lowest BCUT2D eigenvalue weighted by molar-refractivity contribution is -0.149. The lowest BCUT2D eigenvalue weighted by Crippen LogP contribution is -2.45. The van der Waals surface area contributed by atoms with Gasteiger partial charge in [0.1, 0.15) is 0 Å². The number of nitrogens with one attached hydrogen (secondary N) is 1. The number of ether oxygens (including phenoxy) is 1. The number of hydrogen-bond acceptors (Lipinski definition) is 3. The lowest BCUT2D eigenvalue weighted by Gasteiger charge is -2.32. The van der Waals surface area contributed by atoms with Crippen LogP contribution in [0, 0.1) is 5.92 Å². The van der Waals surface area contributed by atoms with E-state index < -0.39 is 12.1 Å². The quantitative estimate of drug-likeness (QED) is 0.774. The molecule has 1 saturated carbocycles. The first-order valence-electron chi connectivity index (χ1n) is 7.51. The number of aliphatic carboxylic acids is 1. The monoisotopic (exact) mass is 284 g/mol. The molecule has 1 aliphatic carbocycles. The molecule has 6 nitrogen and oxygen atoms in total. The van der Waals surface area contributed by atoms with E-state index in [4.69, 9.17) is 9.84 Å². The molecular formula is C14H24N2O4. The number of carboxylic acid groups (broad SMARTS) is 1. The lowest BCUT2D eigenvalue weighted by atomic mass is 9.85. The highest BCUT2D eigenvalue weighted by Gasteiger charge is 2.31. The molecule has 1 aliphatic heterocycles. The normalized spacial score (nSPS) is 26.1. The Labute approximate surface area is 119 Å². The molecule has 20 heavy (non-hydrogen) atoms. The molecule has 2 fully saturated rings. The Balaban J connectivity index is 1.69.